The van der Waals surface area contributed by atoms with Crippen LogP contribution in [0.5, 0.6) is 0 Å². The lowest BCUT2D eigenvalue weighted by molar-refractivity contribution is -0.137. The Kier molecular flexibility index (Phi) is 3.91. The summed E-state index contributed by atoms with van der Waals surface area (Å²) in [5.74, 6) is -0.964. The van der Waals surface area contributed by atoms with Crippen LogP contribution in [-0.2, 0) is 9.59 Å². The highest BCUT2D eigenvalue weighted by Gasteiger charge is 2.16. The molecule has 0 bridgehead atoms. The Morgan fingerprint density at radius 3 is 2.93 bits per heavy atom. The summed E-state index contributed by atoms with van der Waals surface area (Å²) >= 11 is 7.01. The van der Waals surface area contributed by atoms with Crippen LogP contribution < -0.4 is 5.32 Å². The average molecular weight is 234 g/mol. The van der Waals surface area contributed by atoms with Crippen LogP contribution in [0.4, 0.5) is 0 Å². The molecule has 2 N–H and O–H groups in total. The number of rotatable bonds is 5. The number of hydrogen-bond donors (Lipinski definition) is 2. The van der Waals surface area contributed by atoms with Crippen molar-refractivity contribution in [3.05, 3.63) is 21.3 Å². The van der Waals surface area contributed by atoms with E-state index < -0.39 is 12.0 Å². The van der Waals surface area contributed by atoms with Gasteiger partial charge < -0.3 is 10.4 Å². The van der Waals surface area contributed by atoms with Crippen molar-refractivity contribution in [3.8, 4) is 0 Å². The van der Waals surface area contributed by atoms with E-state index in [1.54, 1.807) is 11.4 Å². The second-order valence-corrected chi connectivity index (χ2v) is 3.98. The molecule has 0 aliphatic carbocycles. The van der Waals surface area contributed by atoms with E-state index in [2.05, 4.69) is 5.32 Å². The molecule has 76 valence electrons. The van der Waals surface area contributed by atoms with Crippen LogP contribution in [0.3, 0.4) is 0 Å². The molecule has 0 unspecified atom stereocenters. The van der Waals surface area contributed by atoms with E-state index in [0.717, 1.165) is 4.88 Å². The number of nitrogens with one attached hydrogen (secondary N) is 1. The molecular formula is C8H8ClNO3S. The smallest absolute Gasteiger partial charge is 0.305 e. The lowest BCUT2D eigenvalue weighted by atomic mass is 10.2. The maximum Gasteiger partial charge on any atom is 0.305 e. The van der Waals surface area contributed by atoms with Gasteiger partial charge in [0, 0.05) is 10.3 Å². The van der Waals surface area contributed by atoms with Gasteiger partial charge in [0.05, 0.1) is 17.5 Å². The Morgan fingerprint density at radius 2 is 2.50 bits per heavy atom. The summed E-state index contributed by atoms with van der Waals surface area (Å²) in [5, 5.41) is 13.3. The van der Waals surface area contributed by atoms with Crippen LogP contribution in [0.25, 0.3) is 0 Å². The van der Waals surface area contributed by atoms with Gasteiger partial charge in [0.1, 0.15) is 0 Å². The van der Waals surface area contributed by atoms with Gasteiger partial charge in [0.2, 0.25) is 6.41 Å². The third-order valence-electron chi connectivity index (χ3n) is 1.58. The standard InChI is InChI=1S/C8H8ClNO3S/c9-5-1-7(14-3-5)6(10-4-11)2-8(12)13/h1,3-4,6H,2H2,(H,10,11)(H,12,13)/t6-/m1/s1. The van der Waals surface area contributed by atoms with Crippen LogP contribution in [0.1, 0.15) is 17.3 Å². The summed E-state index contributed by atoms with van der Waals surface area (Å²) in [7, 11) is 0. The maximum absolute atomic E-state index is 10.5. The minimum absolute atomic E-state index is 0.143. The largest absolute Gasteiger partial charge is 0.481 e. The maximum atomic E-state index is 10.5. The van der Waals surface area contributed by atoms with Gasteiger partial charge in [0.15, 0.2) is 0 Å². The van der Waals surface area contributed by atoms with E-state index in [1.165, 1.54) is 11.3 Å². The first-order chi connectivity index (χ1) is 6.63. The zero-order valence-electron chi connectivity index (χ0n) is 7.07. The van der Waals surface area contributed by atoms with Crippen molar-refractivity contribution >= 4 is 35.3 Å². The van der Waals surface area contributed by atoms with Crippen molar-refractivity contribution in [2.45, 2.75) is 12.5 Å². The summed E-state index contributed by atoms with van der Waals surface area (Å²) in [6.07, 6.45) is 0.344. The van der Waals surface area contributed by atoms with Gasteiger partial charge in [0.25, 0.3) is 0 Å². The monoisotopic (exact) mass is 233 g/mol. The number of carboxylic acids is 1. The summed E-state index contributed by atoms with van der Waals surface area (Å²) in [6.45, 7) is 0. The molecule has 6 heteroatoms. The van der Waals surface area contributed by atoms with Gasteiger partial charge in [-0.05, 0) is 6.07 Å². The summed E-state index contributed by atoms with van der Waals surface area (Å²) in [5.41, 5.74) is 0. The first kappa shape index (κ1) is 11.0. The first-order valence-electron chi connectivity index (χ1n) is 3.79. The molecule has 0 saturated heterocycles. The molecule has 1 rings (SSSR count). The normalized spacial score (nSPS) is 12.1. The fourth-order valence-electron chi connectivity index (χ4n) is 1.01. The molecule has 0 saturated carbocycles. The number of halogens is 1. The van der Waals surface area contributed by atoms with Crippen LogP contribution in [0.2, 0.25) is 5.02 Å². The molecule has 0 aliphatic rings. The topological polar surface area (TPSA) is 66.4 Å². The number of thiophene rings is 1. The molecule has 0 aromatic carbocycles. The molecule has 4 nitrogen and oxygen atoms in total. The van der Waals surface area contributed by atoms with Crippen molar-refractivity contribution in [2.24, 2.45) is 0 Å². The third kappa shape index (κ3) is 3.01. The molecular weight excluding hydrogens is 226 g/mol. The van der Waals surface area contributed by atoms with Gasteiger partial charge in [-0.1, -0.05) is 11.6 Å². The summed E-state index contributed by atoms with van der Waals surface area (Å²) < 4.78 is 0. The Hall–Kier alpha value is -1.07. The van der Waals surface area contributed by atoms with E-state index in [-0.39, 0.29) is 6.42 Å². The molecule has 0 aliphatic heterocycles. The second-order valence-electron chi connectivity index (χ2n) is 2.60. The molecule has 1 amide bonds. The summed E-state index contributed by atoms with van der Waals surface area (Å²) in [6, 6.07) is 1.15. The predicted octanol–water partition coefficient (Wildman–Crippen LogP) is 1.66. The predicted molar refractivity (Wildman–Crippen MR) is 53.5 cm³/mol. The first-order valence-corrected chi connectivity index (χ1v) is 5.04. The van der Waals surface area contributed by atoms with Crippen molar-refractivity contribution in [1.82, 2.24) is 5.32 Å². The lowest BCUT2D eigenvalue weighted by Gasteiger charge is -2.10. The summed E-state index contributed by atoms with van der Waals surface area (Å²) in [4.78, 5) is 21.5. The highest BCUT2D eigenvalue weighted by atomic mass is 35.5. The fraction of sp³-hybridized carbons (Fsp3) is 0.250. The number of aliphatic carboxylic acids is 1. The highest BCUT2D eigenvalue weighted by molar-refractivity contribution is 7.10. The van der Waals surface area contributed by atoms with Gasteiger partial charge >= 0.3 is 5.97 Å². The van der Waals surface area contributed by atoms with Crippen molar-refractivity contribution in [1.29, 1.82) is 0 Å². The van der Waals surface area contributed by atoms with Crippen LogP contribution in [0, 0.1) is 0 Å². The van der Waals surface area contributed by atoms with E-state index in [1.807, 2.05) is 0 Å². The molecule has 1 heterocycles. The van der Waals surface area contributed by atoms with E-state index in [9.17, 15) is 9.59 Å². The van der Waals surface area contributed by atoms with Gasteiger partial charge in [-0.15, -0.1) is 11.3 Å². The number of carbonyl (C=O) groups excluding carboxylic acids is 1. The fourth-order valence-corrected chi connectivity index (χ4v) is 2.15. The number of amides is 1. The molecule has 0 fully saturated rings. The Labute approximate surface area is 89.5 Å². The zero-order chi connectivity index (χ0) is 10.6. The molecule has 1 aromatic rings. The van der Waals surface area contributed by atoms with Crippen molar-refractivity contribution in [3.63, 3.8) is 0 Å². The Bertz CT molecular complexity index is 339. The van der Waals surface area contributed by atoms with E-state index >= 15 is 0 Å². The van der Waals surface area contributed by atoms with Gasteiger partial charge in [-0.3, -0.25) is 9.59 Å². The van der Waals surface area contributed by atoms with Crippen LogP contribution >= 0.6 is 22.9 Å². The molecule has 0 spiro atoms. The SMILES string of the molecule is O=CN[C@H](CC(=O)O)c1cc(Cl)cs1. The Morgan fingerprint density at radius 1 is 1.79 bits per heavy atom. The van der Waals surface area contributed by atoms with E-state index in [4.69, 9.17) is 16.7 Å². The number of carbonyl (C=O) groups is 2. The van der Waals surface area contributed by atoms with Crippen LogP contribution in [-0.4, -0.2) is 17.5 Å². The van der Waals surface area contributed by atoms with Gasteiger partial charge in [-0.2, -0.15) is 0 Å². The molecule has 14 heavy (non-hydrogen) atoms. The average Bonchev–Trinajstić information content (AvgIpc) is 2.50. The number of hydrogen-bond acceptors (Lipinski definition) is 3. The molecule has 1 atom stereocenters. The minimum atomic E-state index is -0.964. The van der Waals surface area contributed by atoms with E-state index in [0.29, 0.717) is 11.4 Å². The molecule has 0 radical (unpaired) electrons. The second kappa shape index (κ2) is 4.97. The van der Waals surface area contributed by atoms with Gasteiger partial charge in [-0.25, -0.2) is 0 Å². The Balaban J connectivity index is 2.76. The third-order valence-corrected chi connectivity index (χ3v) is 2.97. The van der Waals surface area contributed by atoms with Crippen molar-refractivity contribution in [2.75, 3.05) is 0 Å². The lowest BCUT2D eigenvalue weighted by Crippen LogP contribution is -2.21. The number of carboxylic acid groups (broad SMARTS) is 1. The molecule has 1 aromatic heterocycles. The van der Waals surface area contributed by atoms with Crippen molar-refractivity contribution < 1.29 is 14.7 Å². The minimum Gasteiger partial charge on any atom is -0.481 e. The highest BCUT2D eigenvalue weighted by Crippen LogP contribution is 2.26. The zero-order valence-corrected chi connectivity index (χ0v) is 8.64. The quantitative estimate of drug-likeness (QED) is 0.761. The van der Waals surface area contributed by atoms with Crippen LogP contribution in [0.15, 0.2) is 11.4 Å².